The Bertz CT molecular complexity index is 1200. The number of anilines is 1. The number of likely N-dealkylation sites (tertiary alicyclic amines) is 1. The van der Waals surface area contributed by atoms with E-state index in [1.807, 2.05) is 35.2 Å². The van der Waals surface area contributed by atoms with Crippen molar-refractivity contribution in [2.45, 2.75) is 24.4 Å². The molecule has 2 aromatic carbocycles. The Morgan fingerprint density at radius 2 is 1.68 bits per heavy atom. The summed E-state index contributed by atoms with van der Waals surface area (Å²) in [6.07, 6.45) is 0.821. The van der Waals surface area contributed by atoms with Gasteiger partial charge in [0.1, 0.15) is 11.6 Å². The van der Waals surface area contributed by atoms with Crippen molar-refractivity contribution in [3.8, 4) is 0 Å². The van der Waals surface area contributed by atoms with Gasteiger partial charge in [0.2, 0.25) is 5.91 Å². The van der Waals surface area contributed by atoms with Gasteiger partial charge in [-0.3, -0.25) is 9.59 Å². The summed E-state index contributed by atoms with van der Waals surface area (Å²) in [7, 11) is 0. The molecule has 37 heavy (non-hydrogen) atoms. The number of piperidine rings is 1. The molecule has 0 aromatic heterocycles. The Kier molecular flexibility index (Phi) is 8.01. The summed E-state index contributed by atoms with van der Waals surface area (Å²) in [5, 5.41) is 17.5. The number of nitrogens with one attached hydrogen (secondary N) is 3. The molecule has 2 heterocycles. The molecule has 0 radical (unpaired) electrons. The standard InChI is InChI=1S/C24H24Cl3N5O5/c25-14-10-16(26)19(17(27)11-14)20(33)30-18(21(34)35)12-28-23(37)31-8-6-24(7-9-31)22(36)29-13-32(24)15-4-2-1-3-5-15/h1-5,10-11,18H,6-9,12-13H2,(H,28,37)(H,29,36)(H,30,33)(H,34,35)/t18-/m0/s1. The largest absolute Gasteiger partial charge is 0.480 e. The van der Waals surface area contributed by atoms with E-state index in [-0.39, 0.29) is 33.1 Å². The number of hydrogen-bond acceptors (Lipinski definition) is 5. The Labute approximate surface area is 227 Å². The summed E-state index contributed by atoms with van der Waals surface area (Å²) in [4.78, 5) is 53.5. The van der Waals surface area contributed by atoms with Crippen LogP contribution in [0.25, 0.3) is 0 Å². The van der Waals surface area contributed by atoms with E-state index in [2.05, 4.69) is 16.0 Å². The molecule has 0 aliphatic carbocycles. The molecule has 2 saturated heterocycles. The lowest BCUT2D eigenvalue weighted by Gasteiger charge is -2.43. The first-order chi connectivity index (χ1) is 17.6. The van der Waals surface area contributed by atoms with Crippen LogP contribution in [0.15, 0.2) is 42.5 Å². The fraction of sp³-hybridized carbons (Fsp3) is 0.333. The van der Waals surface area contributed by atoms with Crippen LogP contribution in [0.5, 0.6) is 0 Å². The molecule has 0 saturated carbocycles. The molecule has 2 fully saturated rings. The highest BCUT2D eigenvalue weighted by atomic mass is 35.5. The van der Waals surface area contributed by atoms with E-state index in [0.29, 0.717) is 32.6 Å². The minimum absolute atomic E-state index is 0.0362. The topological polar surface area (TPSA) is 131 Å². The van der Waals surface area contributed by atoms with Gasteiger partial charge in [-0.15, -0.1) is 0 Å². The molecule has 1 atom stereocenters. The van der Waals surface area contributed by atoms with E-state index in [0.717, 1.165) is 5.69 Å². The van der Waals surface area contributed by atoms with Crippen LogP contribution >= 0.6 is 34.8 Å². The van der Waals surface area contributed by atoms with Crippen molar-refractivity contribution >= 4 is 64.3 Å². The van der Waals surface area contributed by atoms with Crippen molar-refractivity contribution in [2.75, 3.05) is 31.2 Å². The third kappa shape index (κ3) is 5.56. The number of para-hydroxylation sites is 1. The zero-order valence-corrected chi connectivity index (χ0v) is 21.7. The average molecular weight is 569 g/mol. The van der Waals surface area contributed by atoms with Crippen LogP contribution in [-0.2, 0) is 9.59 Å². The van der Waals surface area contributed by atoms with E-state index >= 15 is 0 Å². The first-order valence-corrected chi connectivity index (χ1v) is 12.6. The van der Waals surface area contributed by atoms with E-state index in [1.54, 1.807) is 0 Å². The summed E-state index contributed by atoms with van der Waals surface area (Å²) in [6, 6.07) is 10.3. The molecular weight excluding hydrogens is 545 g/mol. The second-order valence-electron chi connectivity index (χ2n) is 8.74. The van der Waals surface area contributed by atoms with Gasteiger partial charge in [-0.2, -0.15) is 0 Å². The van der Waals surface area contributed by atoms with Crippen molar-refractivity contribution in [1.82, 2.24) is 20.9 Å². The van der Waals surface area contributed by atoms with Crippen molar-refractivity contribution in [1.29, 1.82) is 0 Å². The minimum Gasteiger partial charge on any atom is -0.480 e. The van der Waals surface area contributed by atoms with Crippen LogP contribution in [0.2, 0.25) is 15.1 Å². The minimum atomic E-state index is -1.44. The highest BCUT2D eigenvalue weighted by molar-refractivity contribution is 6.42. The molecule has 0 unspecified atom stereocenters. The van der Waals surface area contributed by atoms with Gasteiger partial charge in [0.05, 0.1) is 28.8 Å². The average Bonchev–Trinajstić information content (AvgIpc) is 3.16. The van der Waals surface area contributed by atoms with E-state index in [1.165, 1.54) is 17.0 Å². The van der Waals surface area contributed by atoms with Gasteiger partial charge < -0.3 is 30.9 Å². The maximum absolute atomic E-state index is 12.8. The van der Waals surface area contributed by atoms with Crippen LogP contribution < -0.4 is 20.9 Å². The predicted molar refractivity (Wildman–Crippen MR) is 139 cm³/mol. The molecule has 4 N–H and O–H groups in total. The lowest BCUT2D eigenvalue weighted by Crippen LogP contribution is -2.59. The summed E-state index contributed by atoms with van der Waals surface area (Å²) >= 11 is 18.0. The molecular formula is C24H24Cl3N5O5. The molecule has 4 amide bonds. The van der Waals surface area contributed by atoms with Gasteiger partial charge in [0, 0.05) is 23.8 Å². The lowest BCUT2D eigenvalue weighted by atomic mass is 9.85. The maximum atomic E-state index is 12.8. The summed E-state index contributed by atoms with van der Waals surface area (Å²) < 4.78 is 0. The number of carbonyl (C=O) groups is 4. The first-order valence-electron chi connectivity index (χ1n) is 11.4. The normalized spacial score (nSPS) is 17.3. The van der Waals surface area contributed by atoms with Crippen LogP contribution in [0.4, 0.5) is 10.5 Å². The predicted octanol–water partition coefficient (Wildman–Crippen LogP) is 2.97. The zero-order valence-electron chi connectivity index (χ0n) is 19.5. The SMILES string of the molecule is O=C(N[C@@H](CNC(=O)N1CCC2(CC1)C(=O)NCN2c1ccccc1)C(=O)O)c1c(Cl)cc(Cl)cc1Cl. The summed E-state index contributed by atoms with van der Waals surface area (Å²) in [5.74, 6) is -2.25. The number of rotatable bonds is 6. The maximum Gasteiger partial charge on any atom is 0.328 e. The first kappa shape index (κ1) is 26.8. The number of hydrogen-bond donors (Lipinski definition) is 4. The highest BCUT2D eigenvalue weighted by Crippen LogP contribution is 2.36. The second kappa shape index (κ2) is 11.0. The van der Waals surface area contributed by atoms with Gasteiger partial charge in [-0.05, 0) is 37.1 Å². The molecule has 13 heteroatoms. The van der Waals surface area contributed by atoms with E-state index in [4.69, 9.17) is 34.8 Å². The number of nitrogens with zero attached hydrogens (tertiary/aromatic N) is 2. The molecule has 2 aromatic rings. The van der Waals surface area contributed by atoms with Crippen LogP contribution in [0.3, 0.4) is 0 Å². The van der Waals surface area contributed by atoms with E-state index in [9.17, 15) is 24.3 Å². The third-order valence-corrected chi connectivity index (χ3v) is 7.39. The highest BCUT2D eigenvalue weighted by Gasteiger charge is 2.50. The Balaban J connectivity index is 1.36. The summed E-state index contributed by atoms with van der Waals surface area (Å²) in [5.41, 5.74) is 0.0384. The van der Waals surface area contributed by atoms with Crippen LogP contribution in [0.1, 0.15) is 23.2 Å². The van der Waals surface area contributed by atoms with Gasteiger partial charge in [0.25, 0.3) is 5.91 Å². The van der Waals surface area contributed by atoms with Crippen LogP contribution in [0, 0.1) is 0 Å². The molecule has 2 aliphatic heterocycles. The number of aliphatic carboxylic acids is 1. The smallest absolute Gasteiger partial charge is 0.328 e. The van der Waals surface area contributed by atoms with Gasteiger partial charge in [-0.25, -0.2) is 9.59 Å². The molecule has 10 nitrogen and oxygen atoms in total. The fourth-order valence-electron chi connectivity index (χ4n) is 4.60. The third-order valence-electron chi connectivity index (χ3n) is 6.58. The van der Waals surface area contributed by atoms with Gasteiger partial charge in [0.15, 0.2) is 0 Å². The van der Waals surface area contributed by atoms with Gasteiger partial charge in [-0.1, -0.05) is 53.0 Å². The van der Waals surface area contributed by atoms with Crippen molar-refractivity contribution in [3.63, 3.8) is 0 Å². The number of carboxylic acids is 1. The number of amides is 4. The molecule has 196 valence electrons. The Hall–Kier alpha value is -3.21. The molecule has 2 aliphatic rings. The van der Waals surface area contributed by atoms with Gasteiger partial charge >= 0.3 is 12.0 Å². The summed E-state index contributed by atoms with van der Waals surface area (Å²) in [6.45, 7) is 0.600. The van der Waals surface area contributed by atoms with Crippen LogP contribution in [-0.4, -0.2) is 71.7 Å². The lowest BCUT2D eigenvalue weighted by molar-refractivity contribution is -0.139. The Morgan fingerprint density at radius 3 is 2.27 bits per heavy atom. The molecule has 1 spiro atoms. The van der Waals surface area contributed by atoms with Crippen molar-refractivity contribution < 1.29 is 24.3 Å². The van der Waals surface area contributed by atoms with Crippen molar-refractivity contribution in [3.05, 3.63) is 63.1 Å². The molecule has 4 rings (SSSR count). The number of carboxylic acid groups (broad SMARTS) is 1. The second-order valence-corrected chi connectivity index (χ2v) is 9.99. The molecule has 0 bridgehead atoms. The number of benzene rings is 2. The number of urea groups is 1. The zero-order chi connectivity index (χ0) is 26.7. The monoisotopic (exact) mass is 567 g/mol. The number of halogens is 3. The van der Waals surface area contributed by atoms with E-state index < -0.39 is 29.5 Å². The quantitative estimate of drug-likeness (QED) is 0.424. The fourth-order valence-corrected chi connectivity index (χ4v) is 5.59. The van der Waals surface area contributed by atoms with Crippen molar-refractivity contribution in [2.24, 2.45) is 0 Å². The Morgan fingerprint density at radius 1 is 1.05 bits per heavy atom. The number of carbonyl (C=O) groups excluding carboxylic acids is 3.